The molecular formula is C11H14FN3. The highest BCUT2D eigenvalue weighted by Gasteiger charge is 2.21. The summed E-state index contributed by atoms with van der Waals surface area (Å²) in [5.41, 5.74) is 3.85. The second kappa shape index (κ2) is 3.98. The second-order valence-electron chi connectivity index (χ2n) is 3.82. The van der Waals surface area contributed by atoms with E-state index >= 15 is 0 Å². The van der Waals surface area contributed by atoms with Crippen LogP contribution in [0, 0.1) is 12.7 Å². The third-order valence-electron chi connectivity index (χ3n) is 2.44. The van der Waals surface area contributed by atoms with Crippen molar-refractivity contribution in [1.82, 2.24) is 5.43 Å². The van der Waals surface area contributed by atoms with E-state index in [-0.39, 0.29) is 5.82 Å². The van der Waals surface area contributed by atoms with Crippen LogP contribution in [0.5, 0.6) is 0 Å². The van der Waals surface area contributed by atoms with Crippen molar-refractivity contribution in [3.8, 4) is 0 Å². The highest BCUT2D eigenvalue weighted by molar-refractivity contribution is 5.98. The molecule has 1 aliphatic rings. The molecule has 0 amide bonds. The van der Waals surface area contributed by atoms with Gasteiger partial charge in [0.25, 0.3) is 0 Å². The third kappa shape index (κ3) is 2.33. The van der Waals surface area contributed by atoms with Gasteiger partial charge in [-0.3, -0.25) is 4.99 Å². The average Bonchev–Trinajstić information content (AvgIpc) is 3.02. The number of nitrogens with one attached hydrogen (secondary N) is 1. The summed E-state index contributed by atoms with van der Waals surface area (Å²) < 4.78 is 13.3. The highest BCUT2D eigenvalue weighted by atomic mass is 19.1. The topological polar surface area (TPSA) is 50.4 Å². The smallest absolute Gasteiger partial charge is 0.142 e. The zero-order valence-electron chi connectivity index (χ0n) is 8.63. The van der Waals surface area contributed by atoms with Crippen molar-refractivity contribution >= 4 is 5.84 Å². The summed E-state index contributed by atoms with van der Waals surface area (Å²) >= 11 is 0. The van der Waals surface area contributed by atoms with E-state index in [1.54, 1.807) is 13.0 Å². The van der Waals surface area contributed by atoms with E-state index in [1.807, 2.05) is 6.07 Å². The van der Waals surface area contributed by atoms with Gasteiger partial charge in [-0.25, -0.2) is 10.2 Å². The number of rotatable bonds is 2. The van der Waals surface area contributed by atoms with Gasteiger partial charge in [0.1, 0.15) is 11.7 Å². The van der Waals surface area contributed by atoms with Crippen LogP contribution in [0.25, 0.3) is 0 Å². The van der Waals surface area contributed by atoms with Crippen LogP contribution in [-0.4, -0.2) is 11.9 Å². The van der Waals surface area contributed by atoms with Gasteiger partial charge >= 0.3 is 0 Å². The first-order valence-corrected chi connectivity index (χ1v) is 5.01. The SMILES string of the molecule is Cc1ccc(C(=NC2CC2)NN)cc1F. The summed E-state index contributed by atoms with van der Waals surface area (Å²) in [6.45, 7) is 1.73. The van der Waals surface area contributed by atoms with Crippen LogP contribution < -0.4 is 11.3 Å². The van der Waals surface area contributed by atoms with E-state index in [4.69, 9.17) is 5.84 Å². The highest BCUT2D eigenvalue weighted by Crippen LogP contribution is 2.24. The van der Waals surface area contributed by atoms with Gasteiger partial charge in [-0.15, -0.1) is 0 Å². The van der Waals surface area contributed by atoms with Gasteiger partial charge in [-0.2, -0.15) is 0 Å². The third-order valence-corrected chi connectivity index (χ3v) is 2.44. The minimum Gasteiger partial charge on any atom is -0.308 e. The van der Waals surface area contributed by atoms with Crippen LogP contribution in [0.1, 0.15) is 24.0 Å². The molecule has 80 valence electrons. The molecule has 0 saturated heterocycles. The quantitative estimate of drug-likeness (QED) is 0.334. The molecule has 1 aromatic carbocycles. The van der Waals surface area contributed by atoms with Crippen molar-refractivity contribution < 1.29 is 4.39 Å². The molecule has 3 nitrogen and oxygen atoms in total. The standard InChI is InChI=1S/C11H14FN3/c1-7-2-3-8(6-10(7)12)11(15-13)14-9-4-5-9/h2-3,6,9H,4-5,13H2,1H3,(H,14,15). The number of amidine groups is 1. The number of halogens is 1. The molecule has 0 heterocycles. The number of hydrazine groups is 1. The van der Waals surface area contributed by atoms with Gasteiger partial charge in [0.2, 0.25) is 0 Å². The fraction of sp³-hybridized carbons (Fsp3) is 0.364. The second-order valence-corrected chi connectivity index (χ2v) is 3.82. The lowest BCUT2D eigenvalue weighted by atomic mass is 10.1. The average molecular weight is 207 g/mol. The zero-order chi connectivity index (χ0) is 10.8. The summed E-state index contributed by atoms with van der Waals surface area (Å²) in [6, 6.07) is 5.36. The Hall–Kier alpha value is -1.42. The molecule has 2 rings (SSSR count). The van der Waals surface area contributed by atoms with Gasteiger partial charge < -0.3 is 5.43 Å². The van der Waals surface area contributed by atoms with Crippen molar-refractivity contribution in [1.29, 1.82) is 0 Å². The fourth-order valence-electron chi connectivity index (χ4n) is 1.32. The van der Waals surface area contributed by atoms with Gasteiger partial charge in [0.15, 0.2) is 0 Å². The van der Waals surface area contributed by atoms with E-state index in [1.165, 1.54) is 6.07 Å². The van der Waals surface area contributed by atoms with Gasteiger partial charge in [-0.1, -0.05) is 12.1 Å². The van der Waals surface area contributed by atoms with Crippen LogP contribution in [0.3, 0.4) is 0 Å². The van der Waals surface area contributed by atoms with Crippen LogP contribution >= 0.6 is 0 Å². The maximum Gasteiger partial charge on any atom is 0.142 e. The molecule has 1 aromatic rings. The largest absolute Gasteiger partial charge is 0.308 e. The molecule has 0 unspecified atom stereocenters. The predicted octanol–water partition coefficient (Wildman–Crippen LogP) is 1.51. The molecule has 3 N–H and O–H groups in total. The molecule has 15 heavy (non-hydrogen) atoms. The Morgan fingerprint density at radius 3 is 2.80 bits per heavy atom. The Labute approximate surface area is 88.2 Å². The van der Waals surface area contributed by atoms with E-state index < -0.39 is 0 Å². The lowest BCUT2D eigenvalue weighted by Gasteiger charge is -2.06. The van der Waals surface area contributed by atoms with Crippen LogP contribution in [-0.2, 0) is 0 Å². The molecule has 1 fully saturated rings. The summed E-state index contributed by atoms with van der Waals surface area (Å²) in [7, 11) is 0. The summed E-state index contributed by atoms with van der Waals surface area (Å²) in [6.07, 6.45) is 2.19. The minimum atomic E-state index is -0.230. The van der Waals surface area contributed by atoms with E-state index in [9.17, 15) is 4.39 Å². The molecule has 0 radical (unpaired) electrons. The first-order valence-electron chi connectivity index (χ1n) is 5.01. The molecule has 0 spiro atoms. The first-order chi connectivity index (χ1) is 7.20. The lowest BCUT2D eigenvalue weighted by molar-refractivity contribution is 0.618. The molecule has 1 saturated carbocycles. The van der Waals surface area contributed by atoms with E-state index in [0.717, 1.165) is 12.8 Å². The molecule has 0 aliphatic heterocycles. The van der Waals surface area contributed by atoms with Crippen molar-refractivity contribution in [3.63, 3.8) is 0 Å². The van der Waals surface area contributed by atoms with Crippen LogP contribution in [0.2, 0.25) is 0 Å². The molecule has 0 bridgehead atoms. The van der Waals surface area contributed by atoms with Gasteiger partial charge in [0.05, 0.1) is 6.04 Å². The first kappa shape index (κ1) is 10.1. The van der Waals surface area contributed by atoms with Crippen molar-refractivity contribution in [2.24, 2.45) is 10.8 Å². The minimum absolute atomic E-state index is 0.230. The Kier molecular flexibility index (Phi) is 2.68. The maximum absolute atomic E-state index is 13.3. The molecule has 1 aliphatic carbocycles. The Bertz CT molecular complexity index is 397. The molecular weight excluding hydrogens is 193 g/mol. The maximum atomic E-state index is 13.3. The Balaban J connectivity index is 2.29. The van der Waals surface area contributed by atoms with Crippen LogP contribution in [0.4, 0.5) is 4.39 Å². The summed E-state index contributed by atoms with van der Waals surface area (Å²) in [5.74, 6) is 5.70. The summed E-state index contributed by atoms with van der Waals surface area (Å²) in [4.78, 5) is 4.36. The number of aliphatic imine (C=N–C) groups is 1. The molecule has 0 atom stereocenters. The Morgan fingerprint density at radius 1 is 1.53 bits per heavy atom. The molecule has 4 heteroatoms. The number of nitrogens with zero attached hydrogens (tertiary/aromatic N) is 1. The van der Waals surface area contributed by atoms with Crippen LogP contribution in [0.15, 0.2) is 23.2 Å². The van der Waals surface area contributed by atoms with Crippen molar-refractivity contribution in [2.45, 2.75) is 25.8 Å². The van der Waals surface area contributed by atoms with E-state index in [0.29, 0.717) is 23.0 Å². The van der Waals surface area contributed by atoms with Crippen molar-refractivity contribution in [2.75, 3.05) is 0 Å². The molecule has 0 aromatic heterocycles. The van der Waals surface area contributed by atoms with Gasteiger partial charge in [-0.05, 0) is 31.4 Å². The van der Waals surface area contributed by atoms with Crippen molar-refractivity contribution in [3.05, 3.63) is 35.1 Å². The number of hydrogen-bond donors (Lipinski definition) is 2. The van der Waals surface area contributed by atoms with E-state index in [2.05, 4.69) is 10.4 Å². The number of hydrogen-bond acceptors (Lipinski definition) is 2. The number of benzene rings is 1. The monoisotopic (exact) mass is 207 g/mol. The normalized spacial score (nSPS) is 16.6. The zero-order valence-corrected chi connectivity index (χ0v) is 8.63. The Morgan fingerprint density at radius 2 is 2.27 bits per heavy atom. The summed E-state index contributed by atoms with van der Waals surface area (Å²) in [5, 5.41) is 0. The predicted molar refractivity (Wildman–Crippen MR) is 58.0 cm³/mol. The fourth-order valence-corrected chi connectivity index (χ4v) is 1.32. The van der Waals surface area contributed by atoms with Gasteiger partial charge in [0, 0.05) is 5.56 Å². The lowest BCUT2D eigenvalue weighted by Crippen LogP contribution is -2.31. The number of aryl methyl sites for hydroxylation is 1. The number of nitrogens with two attached hydrogens (primary N) is 1.